The first-order valence-electron chi connectivity index (χ1n) is 10.3. The molecule has 1 atom stereocenters. The van der Waals surface area contributed by atoms with E-state index in [-0.39, 0.29) is 48.0 Å². The van der Waals surface area contributed by atoms with Gasteiger partial charge in [0.25, 0.3) is 5.69 Å². The van der Waals surface area contributed by atoms with Gasteiger partial charge in [0, 0.05) is 40.8 Å². The van der Waals surface area contributed by atoms with Crippen molar-refractivity contribution in [1.29, 1.82) is 0 Å². The maximum Gasteiger partial charge on any atom is 0.335 e. The van der Waals surface area contributed by atoms with E-state index >= 15 is 0 Å². The van der Waals surface area contributed by atoms with Crippen molar-refractivity contribution in [2.75, 3.05) is 6.61 Å². The van der Waals surface area contributed by atoms with Gasteiger partial charge in [0.1, 0.15) is 6.61 Å². The van der Waals surface area contributed by atoms with E-state index in [4.69, 9.17) is 9.47 Å². The number of hydrogen-bond acceptors (Lipinski definition) is 7. The van der Waals surface area contributed by atoms with E-state index in [1.807, 2.05) is 24.3 Å². The fourth-order valence-electron chi connectivity index (χ4n) is 4.12. The number of nitrogens with zero attached hydrogens (tertiary/aromatic N) is 1. The Kier molecular flexibility index (Phi) is 5.07. The second-order valence-electron chi connectivity index (χ2n) is 7.90. The van der Waals surface area contributed by atoms with Crippen LogP contribution in [-0.2, 0) is 20.9 Å². The minimum atomic E-state index is -1.01. The highest BCUT2D eigenvalue weighted by Crippen LogP contribution is 2.35. The number of nitro benzene ring substituents is 1. The predicted octanol–water partition coefficient (Wildman–Crippen LogP) is 3.96. The number of non-ortho nitro benzene ring substituents is 1. The Morgan fingerprint density at radius 1 is 0.970 bits per heavy atom. The van der Waals surface area contributed by atoms with Crippen molar-refractivity contribution < 1.29 is 28.8 Å². The van der Waals surface area contributed by atoms with Gasteiger partial charge in [0.15, 0.2) is 17.7 Å². The number of rotatable bonds is 4. The quantitative estimate of drug-likeness (QED) is 0.341. The number of nitro groups is 1. The molecular weight excluding hydrogens is 426 g/mol. The molecule has 1 unspecified atom stereocenters. The van der Waals surface area contributed by atoms with Crippen LogP contribution in [0.1, 0.15) is 32.7 Å². The molecule has 3 aromatic rings. The fraction of sp³-hybridized carbons (Fsp3) is 0.160. The molecule has 1 aliphatic heterocycles. The number of carbonyl (C=O) groups excluding carboxylic acids is 3. The molecule has 1 heterocycles. The van der Waals surface area contributed by atoms with E-state index in [0.29, 0.717) is 16.7 Å². The lowest BCUT2D eigenvalue weighted by molar-refractivity contribution is -0.384. The third kappa shape index (κ3) is 3.70. The molecule has 0 spiro atoms. The number of benzene rings is 3. The van der Waals surface area contributed by atoms with Gasteiger partial charge in [0.05, 0.1) is 11.5 Å². The average molecular weight is 443 g/mol. The van der Waals surface area contributed by atoms with Crippen LogP contribution < -0.4 is 0 Å². The van der Waals surface area contributed by atoms with Crippen LogP contribution in [0.15, 0.2) is 71.8 Å². The van der Waals surface area contributed by atoms with E-state index in [9.17, 15) is 24.5 Å². The Morgan fingerprint density at radius 3 is 2.18 bits per heavy atom. The SMILES string of the molecule is O=C1C2=C(CC(C(=O)OCc3ccc([N+](=O)[O-])cc3)OC2)C(=O)c2cc3ccccc3cc21. The molecule has 0 amide bonds. The van der Waals surface area contributed by atoms with Gasteiger partial charge in [-0.1, -0.05) is 24.3 Å². The molecule has 0 N–H and O–H groups in total. The minimum absolute atomic E-state index is 0.0503. The van der Waals surface area contributed by atoms with Gasteiger partial charge in [0.2, 0.25) is 0 Å². The first kappa shape index (κ1) is 20.7. The number of Topliss-reactive ketones (excluding diaryl/α,β-unsaturated/α-hetero) is 2. The van der Waals surface area contributed by atoms with Gasteiger partial charge in [-0.15, -0.1) is 0 Å². The Hall–Kier alpha value is -4.17. The molecule has 0 fully saturated rings. The number of ketones is 2. The van der Waals surface area contributed by atoms with Crippen molar-refractivity contribution in [3.05, 3.63) is 98.6 Å². The van der Waals surface area contributed by atoms with Crippen molar-refractivity contribution in [2.24, 2.45) is 0 Å². The van der Waals surface area contributed by atoms with Crippen LogP contribution in [0.3, 0.4) is 0 Å². The Labute approximate surface area is 187 Å². The van der Waals surface area contributed by atoms with Gasteiger partial charge in [-0.25, -0.2) is 4.79 Å². The van der Waals surface area contributed by atoms with E-state index in [1.54, 1.807) is 12.1 Å². The van der Waals surface area contributed by atoms with Crippen LogP contribution in [0.2, 0.25) is 0 Å². The summed E-state index contributed by atoms with van der Waals surface area (Å²) in [6, 6.07) is 16.6. The molecule has 8 nitrogen and oxygen atoms in total. The highest BCUT2D eigenvalue weighted by Gasteiger charge is 2.39. The van der Waals surface area contributed by atoms with E-state index in [0.717, 1.165) is 10.8 Å². The molecule has 5 rings (SSSR count). The summed E-state index contributed by atoms with van der Waals surface area (Å²) in [6.45, 7) is -0.242. The maximum absolute atomic E-state index is 13.2. The predicted molar refractivity (Wildman–Crippen MR) is 117 cm³/mol. The maximum atomic E-state index is 13.2. The molecule has 1 aliphatic carbocycles. The highest BCUT2D eigenvalue weighted by molar-refractivity contribution is 6.28. The first-order chi connectivity index (χ1) is 15.9. The molecule has 3 aromatic carbocycles. The number of fused-ring (bicyclic) bond motifs is 2. The molecule has 0 radical (unpaired) electrons. The first-order valence-corrected chi connectivity index (χ1v) is 10.3. The number of carbonyl (C=O) groups is 3. The molecule has 0 bridgehead atoms. The normalized spacial score (nSPS) is 17.5. The van der Waals surface area contributed by atoms with Gasteiger partial charge in [-0.2, -0.15) is 0 Å². The van der Waals surface area contributed by atoms with E-state index < -0.39 is 17.0 Å². The fourth-order valence-corrected chi connectivity index (χ4v) is 4.12. The summed E-state index contributed by atoms with van der Waals surface area (Å²) in [6.07, 6.45) is -1.06. The smallest absolute Gasteiger partial charge is 0.335 e. The lowest BCUT2D eigenvalue weighted by Crippen LogP contribution is -2.37. The van der Waals surface area contributed by atoms with Crippen LogP contribution in [0.4, 0.5) is 5.69 Å². The standard InChI is InChI=1S/C25H17NO7/c27-23-18-9-15-3-1-2-4-16(15)10-19(18)24(28)21-13-32-22(11-20(21)23)25(29)33-12-14-5-7-17(8-6-14)26(30)31/h1-10,22H,11-13H2. The molecule has 33 heavy (non-hydrogen) atoms. The second kappa shape index (κ2) is 8.07. The summed E-state index contributed by atoms with van der Waals surface area (Å²) in [5.74, 6) is -1.20. The lowest BCUT2D eigenvalue weighted by Gasteiger charge is -2.29. The van der Waals surface area contributed by atoms with Gasteiger partial charge in [-0.05, 0) is 40.6 Å². The number of esters is 1. The van der Waals surface area contributed by atoms with Crippen LogP contribution >= 0.6 is 0 Å². The van der Waals surface area contributed by atoms with Gasteiger partial charge >= 0.3 is 5.97 Å². The molecule has 0 aromatic heterocycles. The van der Waals surface area contributed by atoms with Crippen LogP contribution in [-0.4, -0.2) is 35.2 Å². The van der Waals surface area contributed by atoms with Crippen molar-refractivity contribution in [2.45, 2.75) is 19.1 Å². The van der Waals surface area contributed by atoms with Gasteiger partial charge in [-0.3, -0.25) is 19.7 Å². The van der Waals surface area contributed by atoms with Gasteiger partial charge < -0.3 is 9.47 Å². The van der Waals surface area contributed by atoms with Crippen molar-refractivity contribution >= 4 is 34.0 Å². The zero-order valence-corrected chi connectivity index (χ0v) is 17.3. The summed E-state index contributed by atoms with van der Waals surface area (Å²) in [5, 5.41) is 12.5. The summed E-state index contributed by atoms with van der Waals surface area (Å²) < 4.78 is 10.9. The summed E-state index contributed by atoms with van der Waals surface area (Å²) in [5.41, 5.74) is 1.76. The van der Waals surface area contributed by atoms with E-state index in [1.165, 1.54) is 24.3 Å². The second-order valence-corrected chi connectivity index (χ2v) is 7.90. The molecule has 164 valence electrons. The minimum Gasteiger partial charge on any atom is -0.459 e. The van der Waals surface area contributed by atoms with Crippen molar-refractivity contribution in [3.8, 4) is 0 Å². The highest BCUT2D eigenvalue weighted by atomic mass is 16.6. The summed E-state index contributed by atoms with van der Waals surface area (Å²) in [4.78, 5) is 49.0. The third-order valence-electron chi connectivity index (χ3n) is 5.90. The number of ether oxygens (including phenoxy) is 2. The van der Waals surface area contributed by atoms with Crippen molar-refractivity contribution in [3.63, 3.8) is 0 Å². The van der Waals surface area contributed by atoms with Crippen LogP contribution in [0, 0.1) is 10.1 Å². The molecule has 8 heteroatoms. The topological polar surface area (TPSA) is 113 Å². The average Bonchev–Trinajstić information content (AvgIpc) is 2.84. The molecule has 2 aliphatic rings. The molecular formula is C25H17NO7. The Morgan fingerprint density at radius 2 is 1.58 bits per heavy atom. The molecule has 0 saturated carbocycles. The summed E-state index contributed by atoms with van der Waals surface area (Å²) >= 11 is 0. The summed E-state index contributed by atoms with van der Waals surface area (Å²) in [7, 11) is 0. The third-order valence-corrected chi connectivity index (χ3v) is 5.90. The molecule has 0 saturated heterocycles. The van der Waals surface area contributed by atoms with Crippen LogP contribution in [0.25, 0.3) is 10.8 Å². The zero-order chi connectivity index (χ0) is 23.1. The monoisotopic (exact) mass is 443 g/mol. The van der Waals surface area contributed by atoms with E-state index in [2.05, 4.69) is 0 Å². The number of hydrogen-bond donors (Lipinski definition) is 0. The van der Waals surface area contributed by atoms with Crippen LogP contribution in [0.5, 0.6) is 0 Å². The zero-order valence-electron chi connectivity index (χ0n) is 17.3. The largest absolute Gasteiger partial charge is 0.459 e. The van der Waals surface area contributed by atoms with Crippen molar-refractivity contribution in [1.82, 2.24) is 0 Å². The lowest BCUT2D eigenvalue weighted by atomic mass is 9.80. The Bertz CT molecular complexity index is 1370. The Balaban J connectivity index is 1.33.